The summed E-state index contributed by atoms with van der Waals surface area (Å²) < 4.78 is 0. The van der Waals surface area contributed by atoms with Gasteiger partial charge in [0.05, 0.1) is 5.41 Å². The Labute approximate surface area is 403 Å². The Bertz CT molecular complexity index is 3790. The van der Waals surface area contributed by atoms with Gasteiger partial charge in [-0.25, -0.2) is 0 Å². The largest absolute Gasteiger partial charge is 0.0713 e. The molecule has 0 N–H and O–H groups in total. The summed E-state index contributed by atoms with van der Waals surface area (Å²) in [6.07, 6.45) is 4.49. The predicted octanol–water partition coefficient (Wildman–Crippen LogP) is 18.3. The van der Waals surface area contributed by atoms with Crippen molar-refractivity contribution in [2.24, 2.45) is 0 Å². The highest BCUT2D eigenvalue weighted by Crippen LogP contribution is 2.56. The van der Waals surface area contributed by atoms with Crippen LogP contribution in [0.1, 0.15) is 33.4 Å². The average molecular weight is 875 g/mol. The van der Waals surface area contributed by atoms with Crippen molar-refractivity contribution < 1.29 is 0 Å². The fraction of sp³-hybridized carbons (Fsp3) is 0.0145. The molecule has 0 radical (unpaired) electrons. The highest BCUT2D eigenvalue weighted by atomic mass is 14.5. The van der Waals surface area contributed by atoms with Gasteiger partial charge in [0.2, 0.25) is 0 Å². The summed E-state index contributed by atoms with van der Waals surface area (Å²) in [5, 5.41) is 7.52. The minimum Gasteiger partial charge on any atom is -0.0622 e. The molecule has 0 atom stereocenters. The standard InChI is InChI=1S/C69H46/c1-3-17-50(18-4-1)57-46-43-51(56-21-7-8-22-58(56)57)34-31-47-32-35-52(36-33-47)67-61-25-9-11-27-63(61)68(64-28-12-10-26-62(64)67)53-39-37-48(38-40-53)49-41-44-55(45-42-49)69(54-19-5-2-6-20-54)65-29-15-13-23-59(65)60-24-14-16-30-66(60)69/h1-46H/b34-31+. The Hall–Kier alpha value is -8.84. The van der Waals surface area contributed by atoms with Gasteiger partial charge in [-0.15, -0.1) is 0 Å². The fourth-order valence-electron chi connectivity index (χ4n) is 11.5. The first-order chi connectivity index (χ1) is 34.2. The molecule has 0 aromatic heterocycles. The molecule has 0 bridgehead atoms. The lowest BCUT2D eigenvalue weighted by atomic mass is 9.67. The van der Waals surface area contributed by atoms with Gasteiger partial charge in [0.1, 0.15) is 0 Å². The van der Waals surface area contributed by atoms with Crippen LogP contribution in [0.3, 0.4) is 0 Å². The first kappa shape index (κ1) is 40.4. The summed E-state index contributed by atoms with van der Waals surface area (Å²) in [5.74, 6) is 0. The molecule has 0 saturated heterocycles. The van der Waals surface area contributed by atoms with E-state index in [0.717, 1.165) is 0 Å². The third kappa shape index (κ3) is 6.68. The lowest BCUT2D eigenvalue weighted by Gasteiger charge is -2.34. The quantitative estimate of drug-likeness (QED) is 0.105. The van der Waals surface area contributed by atoms with E-state index in [1.54, 1.807) is 0 Å². The number of rotatable bonds is 8. The van der Waals surface area contributed by atoms with Crippen LogP contribution in [0.4, 0.5) is 0 Å². The maximum Gasteiger partial charge on any atom is 0.0713 e. The highest BCUT2D eigenvalue weighted by Gasteiger charge is 2.45. The van der Waals surface area contributed by atoms with Crippen LogP contribution >= 0.6 is 0 Å². The molecule has 0 heterocycles. The molecule has 0 nitrogen and oxygen atoms in total. The Morgan fingerprint density at radius 3 is 1.19 bits per heavy atom. The Kier molecular flexibility index (Phi) is 9.84. The van der Waals surface area contributed by atoms with Crippen LogP contribution in [-0.2, 0) is 5.41 Å². The van der Waals surface area contributed by atoms with Crippen molar-refractivity contribution >= 4 is 44.5 Å². The van der Waals surface area contributed by atoms with Crippen LogP contribution in [0.2, 0.25) is 0 Å². The van der Waals surface area contributed by atoms with Gasteiger partial charge in [-0.1, -0.05) is 279 Å². The van der Waals surface area contributed by atoms with Gasteiger partial charge in [-0.3, -0.25) is 0 Å². The van der Waals surface area contributed by atoms with Crippen molar-refractivity contribution in [2.75, 3.05) is 0 Å². The van der Waals surface area contributed by atoms with E-state index in [4.69, 9.17) is 0 Å². The second-order valence-electron chi connectivity index (χ2n) is 18.3. The highest BCUT2D eigenvalue weighted by molar-refractivity contribution is 6.21. The van der Waals surface area contributed by atoms with Crippen LogP contribution in [-0.4, -0.2) is 0 Å². The SMILES string of the molecule is C(=C\c1ccc(-c2ccccc2)c2ccccc12)/c1ccc(-c2c3ccccc3c(-c3ccc(-c4ccc(C5(c6ccccc6)c6ccccc6-c6ccccc65)cc4)cc3)c3ccccc23)cc1. The van der Waals surface area contributed by atoms with Crippen molar-refractivity contribution in [1.82, 2.24) is 0 Å². The number of fused-ring (bicyclic) bond motifs is 6. The Morgan fingerprint density at radius 2 is 0.638 bits per heavy atom. The lowest BCUT2D eigenvalue weighted by molar-refractivity contribution is 0.768. The van der Waals surface area contributed by atoms with Crippen molar-refractivity contribution in [2.45, 2.75) is 5.41 Å². The predicted molar refractivity (Wildman–Crippen MR) is 293 cm³/mol. The second-order valence-corrected chi connectivity index (χ2v) is 18.3. The monoisotopic (exact) mass is 874 g/mol. The topological polar surface area (TPSA) is 0 Å². The molecule has 322 valence electrons. The minimum atomic E-state index is -0.406. The summed E-state index contributed by atoms with van der Waals surface area (Å²) in [6.45, 7) is 0. The summed E-state index contributed by atoms with van der Waals surface area (Å²) in [7, 11) is 0. The Balaban J connectivity index is 0.836. The molecule has 0 saturated carbocycles. The zero-order valence-corrected chi connectivity index (χ0v) is 38.1. The third-order valence-electron chi connectivity index (χ3n) is 14.6. The first-order valence-electron chi connectivity index (χ1n) is 24.0. The van der Waals surface area contributed by atoms with Gasteiger partial charge in [0.25, 0.3) is 0 Å². The van der Waals surface area contributed by atoms with E-state index in [9.17, 15) is 0 Å². The molecule has 12 aromatic carbocycles. The third-order valence-corrected chi connectivity index (χ3v) is 14.6. The van der Waals surface area contributed by atoms with Gasteiger partial charge in [-0.2, -0.15) is 0 Å². The normalized spacial score (nSPS) is 12.7. The summed E-state index contributed by atoms with van der Waals surface area (Å²) >= 11 is 0. The van der Waals surface area contributed by atoms with E-state index in [1.165, 1.54) is 121 Å². The lowest BCUT2D eigenvalue weighted by Crippen LogP contribution is -2.28. The summed E-state index contributed by atoms with van der Waals surface area (Å²) in [5.41, 5.74) is 19.6. The smallest absolute Gasteiger partial charge is 0.0622 e. The van der Waals surface area contributed by atoms with E-state index >= 15 is 0 Å². The average Bonchev–Trinajstić information content (AvgIpc) is 3.73. The van der Waals surface area contributed by atoms with Crippen molar-refractivity contribution in [1.29, 1.82) is 0 Å². The van der Waals surface area contributed by atoms with Gasteiger partial charge >= 0.3 is 0 Å². The molecular formula is C69H46. The zero-order chi connectivity index (χ0) is 45.7. The van der Waals surface area contributed by atoms with Gasteiger partial charge in [-0.05, 0) is 121 Å². The van der Waals surface area contributed by atoms with Crippen molar-refractivity contribution in [3.8, 4) is 55.6 Å². The molecule has 69 heavy (non-hydrogen) atoms. The van der Waals surface area contributed by atoms with E-state index in [-0.39, 0.29) is 0 Å². The van der Waals surface area contributed by atoms with Gasteiger partial charge in [0.15, 0.2) is 0 Å². The Morgan fingerprint density at radius 1 is 0.232 bits per heavy atom. The molecule has 1 aliphatic rings. The zero-order valence-electron chi connectivity index (χ0n) is 38.1. The van der Waals surface area contributed by atoms with Crippen LogP contribution < -0.4 is 0 Å². The van der Waals surface area contributed by atoms with Gasteiger partial charge in [0, 0.05) is 0 Å². The molecule has 13 rings (SSSR count). The summed E-state index contributed by atoms with van der Waals surface area (Å²) in [4.78, 5) is 0. The molecule has 0 fully saturated rings. The molecule has 12 aromatic rings. The van der Waals surface area contributed by atoms with Crippen molar-refractivity contribution in [3.05, 3.63) is 300 Å². The first-order valence-corrected chi connectivity index (χ1v) is 24.0. The van der Waals surface area contributed by atoms with Gasteiger partial charge < -0.3 is 0 Å². The molecule has 0 spiro atoms. The second kappa shape index (κ2) is 16.8. The molecular weight excluding hydrogens is 829 g/mol. The number of hydrogen-bond donors (Lipinski definition) is 0. The van der Waals surface area contributed by atoms with Crippen molar-refractivity contribution in [3.63, 3.8) is 0 Å². The van der Waals surface area contributed by atoms with E-state index in [1.807, 2.05) is 0 Å². The number of benzene rings is 12. The minimum absolute atomic E-state index is 0.406. The van der Waals surface area contributed by atoms with Crippen LogP contribution in [0.25, 0.3) is 100 Å². The van der Waals surface area contributed by atoms with E-state index in [0.29, 0.717) is 0 Å². The van der Waals surface area contributed by atoms with Crippen LogP contribution in [0.5, 0.6) is 0 Å². The molecule has 0 heteroatoms. The number of hydrogen-bond acceptors (Lipinski definition) is 0. The van der Waals surface area contributed by atoms with Crippen LogP contribution in [0, 0.1) is 0 Å². The molecule has 0 amide bonds. The van der Waals surface area contributed by atoms with E-state index in [2.05, 4.69) is 279 Å². The molecule has 0 aliphatic heterocycles. The maximum atomic E-state index is 2.35. The van der Waals surface area contributed by atoms with Crippen LogP contribution in [0.15, 0.2) is 267 Å². The molecule has 1 aliphatic carbocycles. The molecule has 0 unspecified atom stereocenters. The van der Waals surface area contributed by atoms with E-state index < -0.39 is 5.41 Å². The summed E-state index contributed by atoms with van der Waals surface area (Å²) in [6, 6.07) is 98.3. The maximum absolute atomic E-state index is 2.35. The fourth-order valence-corrected chi connectivity index (χ4v) is 11.5.